The van der Waals surface area contributed by atoms with Gasteiger partial charge in [0.2, 0.25) is 0 Å². The molecule has 0 aromatic carbocycles. The van der Waals surface area contributed by atoms with Crippen LogP contribution in [0.2, 0.25) is 0 Å². The summed E-state index contributed by atoms with van der Waals surface area (Å²) in [5, 5.41) is 0. The zero-order valence-corrected chi connectivity index (χ0v) is 15.8. The van der Waals surface area contributed by atoms with Gasteiger partial charge in [-0.2, -0.15) is 0 Å². The first-order valence-electron chi connectivity index (χ1n) is 8.58. The third kappa shape index (κ3) is 5.34. The Morgan fingerprint density at radius 3 is 2.40 bits per heavy atom. The zero-order chi connectivity index (χ0) is 18.6. The minimum absolute atomic E-state index is 0.0310. The Morgan fingerprint density at radius 2 is 1.76 bits per heavy atom. The van der Waals surface area contributed by atoms with E-state index in [2.05, 4.69) is 4.98 Å². The van der Waals surface area contributed by atoms with Crippen molar-refractivity contribution < 1.29 is 14.3 Å². The first-order chi connectivity index (χ1) is 11.7. The van der Waals surface area contributed by atoms with Gasteiger partial charge in [0.15, 0.2) is 0 Å². The molecule has 2 amide bonds. The van der Waals surface area contributed by atoms with E-state index in [-0.39, 0.29) is 12.0 Å². The SMILES string of the molecule is CN(C)c1cc(C(=O)N2CCCN(C(=O)OC(C)(C)C)CC2)ccn1. The number of carbonyl (C=O) groups excluding carboxylic acids is 2. The minimum Gasteiger partial charge on any atom is -0.444 e. The average Bonchev–Trinajstić information content (AvgIpc) is 2.78. The molecule has 0 bridgehead atoms. The van der Waals surface area contributed by atoms with Crippen molar-refractivity contribution >= 4 is 17.8 Å². The van der Waals surface area contributed by atoms with Gasteiger partial charge in [-0.15, -0.1) is 0 Å². The number of carbonyl (C=O) groups is 2. The number of anilines is 1. The molecule has 2 rings (SSSR count). The van der Waals surface area contributed by atoms with Crippen LogP contribution in [-0.2, 0) is 4.74 Å². The lowest BCUT2D eigenvalue weighted by molar-refractivity contribution is 0.0255. The molecule has 0 unspecified atom stereocenters. The van der Waals surface area contributed by atoms with Crippen molar-refractivity contribution in [1.82, 2.24) is 14.8 Å². The van der Waals surface area contributed by atoms with Crippen molar-refractivity contribution in [3.05, 3.63) is 23.9 Å². The Morgan fingerprint density at radius 1 is 1.12 bits per heavy atom. The van der Waals surface area contributed by atoms with E-state index in [1.54, 1.807) is 28.1 Å². The molecule has 0 spiro atoms. The summed E-state index contributed by atoms with van der Waals surface area (Å²) >= 11 is 0. The summed E-state index contributed by atoms with van der Waals surface area (Å²) in [5.41, 5.74) is 0.0998. The Labute approximate surface area is 149 Å². The van der Waals surface area contributed by atoms with Gasteiger partial charge in [-0.1, -0.05) is 0 Å². The van der Waals surface area contributed by atoms with E-state index in [0.29, 0.717) is 31.7 Å². The molecule has 1 aromatic heterocycles. The monoisotopic (exact) mass is 348 g/mol. The Hall–Kier alpha value is -2.31. The van der Waals surface area contributed by atoms with E-state index in [0.717, 1.165) is 12.2 Å². The Kier molecular flexibility index (Phi) is 5.87. The van der Waals surface area contributed by atoms with E-state index in [9.17, 15) is 9.59 Å². The van der Waals surface area contributed by atoms with Gasteiger partial charge in [-0.05, 0) is 39.3 Å². The van der Waals surface area contributed by atoms with Crippen LogP contribution in [0.15, 0.2) is 18.3 Å². The highest BCUT2D eigenvalue weighted by molar-refractivity contribution is 5.95. The van der Waals surface area contributed by atoms with Crippen molar-refractivity contribution in [3.63, 3.8) is 0 Å². The number of hydrogen-bond acceptors (Lipinski definition) is 5. The number of hydrogen-bond donors (Lipinski definition) is 0. The third-order valence-corrected chi connectivity index (χ3v) is 3.89. The Bertz CT molecular complexity index is 625. The molecule has 0 atom stereocenters. The molecule has 1 saturated heterocycles. The molecule has 0 aliphatic carbocycles. The lowest BCUT2D eigenvalue weighted by Crippen LogP contribution is -2.40. The number of ether oxygens (including phenoxy) is 1. The summed E-state index contributed by atoms with van der Waals surface area (Å²) in [4.78, 5) is 34.6. The number of nitrogens with zero attached hydrogens (tertiary/aromatic N) is 4. The summed E-state index contributed by atoms with van der Waals surface area (Å²) in [6.07, 6.45) is 2.06. The molecule has 1 fully saturated rings. The van der Waals surface area contributed by atoms with Crippen LogP contribution in [0.25, 0.3) is 0 Å². The van der Waals surface area contributed by atoms with Gasteiger partial charge in [0.25, 0.3) is 5.91 Å². The van der Waals surface area contributed by atoms with Crippen LogP contribution < -0.4 is 4.90 Å². The van der Waals surface area contributed by atoms with Crippen LogP contribution in [0.5, 0.6) is 0 Å². The fourth-order valence-electron chi connectivity index (χ4n) is 2.61. The molecule has 2 heterocycles. The summed E-state index contributed by atoms with van der Waals surface area (Å²) in [6.45, 7) is 7.75. The molecule has 0 radical (unpaired) electrons. The molecule has 7 heteroatoms. The van der Waals surface area contributed by atoms with E-state index >= 15 is 0 Å². The van der Waals surface area contributed by atoms with Crippen LogP contribution in [0.1, 0.15) is 37.6 Å². The van der Waals surface area contributed by atoms with E-state index in [4.69, 9.17) is 4.74 Å². The molecule has 1 aliphatic heterocycles. The highest BCUT2D eigenvalue weighted by Gasteiger charge is 2.26. The van der Waals surface area contributed by atoms with Crippen LogP contribution in [0, 0.1) is 0 Å². The number of rotatable bonds is 2. The second-order valence-electron chi connectivity index (χ2n) is 7.41. The van der Waals surface area contributed by atoms with E-state index in [1.165, 1.54) is 0 Å². The van der Waals surface area contributed by atoms with Crippen molar-refractivity contribution in [2.24, 2.45) is 0 Å². The predicted octanol–water partition coefficient (Wildman–Crippen LogP) is 2.23. The molecule has 1 aliphatic rings. The van der Waals surface area contributed by atoms with Gasteiger partial charge >= 0.3 is 6.09 Å². The molecule has 25 heavy (non-hydrogen) atoms. The molecule has 1 aromatic rings. The summed E-state index contributed by atoms with van der Waals surface area (Å²) < 4.78 is 5.42. The maximum Gasteiger partial charge on any atom is 0.410 e. The molecule has 7 nitrogen and oxygen atoms in total. The smallest absolute Gasteiger partial charge is 0.410 e. The van der Waals surface area contributed by atoms with Gasteiger partial charge in [0, 0.05) is 52.0 Å². The number of amides is 2. The fraction of sp³-hybridized carbons (Fsp3) is 0.611. The summed E-state index contributed by atoms with van der Waals surface area (Å²) in [7, 11) is 3.78. The molecule has 0 saturated carbocycles. The highest BCUT2D eigenvalue weighted by Crippen LogP contribution is 2.15. The van der Waals surface area contributed by atoms with Crippen LogP contribution in [-0.4, -0.2) is 72.7 Å². The fourth-order valence-corrected chi connectivity index (χ4v) is 2.61. The van der Waals surface area contributed by atoms with Crippen molar-refractivity contribution in [3.8, 4) is 0 Å². The normalized spacial score (nSPS) is 15.6. The van der Waals surface area contributed by atoms with Crippen molar-refractivity contribution in [1.29, 1.82) is 0 Å². The van der Waals surface area contributed by atoms with Crippen molar-refractivity contribution in [2.75, 3.05) is 45.2 Å². The first kappa shape index (κ1) is 19.0. The lowest BCUT2D eigenvalue weighted by Gasteiger charge is -2.26. The molecule has 138 valence electrons. The Balaban J connectivity index is 2.02. The van der Waals surface area contributed by atoms with Gasteiger partial charge in [0.05, 0.1) is 0 Å². The predicted molar refractivity (Wildman–Crippen MR) is 96.9 cm³/mol. The van der Waals surface area contributed by atoms with Crippen LogP contribution in [0.4, 0.5) is 10.6 Å². The van der Waals surface area contributed by atoms with Crippen LogP contribution in [0.3, 0.4) is 0 Å². The van der Waals surface area contributed by atoms with Gasteiger partial charge < -0.3 is 19.4 Å². The maximum atomic E-state index is 12.8. The number of pyridine rings is 1. The highest BCUT2D eigenvalue weighted by atomic mass is 16.6. The van der Waals surface area contributed by atoms with Crippen LogP contribution >= 0.6 is 0 Å². The molecular formula is C18H28N4O3. The van der Waals surface area contributed by atoms with Crippen molar-refractivity contribution in [2.45, 2.75) is 32.8 Å². The average molecular weight is 348 g/mol. The van der Waals surface area contributed by atoms with E-state index < -0.39 is 5.60 Å². The zero-order valence-electron chi connectivity index (χ0n) is 15.8. The second kappa shape index (κ2) is 7.72. The van der Waals surface area contributed by atoms with E-state index in [1.807, 2.05) is 39.8 Å². The number of aromatic nitrogens is 1. The maximum absolute atomic E-state index is 12.8. The topological polar surface area (TPSA) is 66.0 Å². The largest absolute Gasteiger partial charge is 0.444 e. The molecule has 0 N–H and O–H groups in total. The summed E-state index contributed by atoms with van der Waals surface area (Å²) in [6, 6.07) is 3.52. The molecular weight excluding hydrogens is 320 g/mol. The lowest BCUT2D eigenvalue weighted by atomic mass is 10.2. The van der Waals surface area contributed by atoms with Gasteiger partial charge in [-0.25, -0.2) is 9.78 Å². The van der Waals surface area contributed by atoms with Gasteiger partial charge in [-0.3, -0.25) is 4.79 Å². The third-order valence-electron chi connectivity index (χ3n) is 3.89. The van der Waals surface area contributed by atoms with Gasteiger partial charge in [0.1, 0.15) is 11.4 Å². The quantitative estimate of drug-likeness (QED) is 0.820. The standard InChI is InChI=1S/C18H28N4O3/c1-18(2,3)25-17(24)22-10-6-9-21(11-12-22)16(23)14-7-8-19-15(13-14)20(4)5/h7-8,13H,6,9-12H2,1-5H3. The first-order valence-corrected chi connectivity index (χ1v) is 8.58. The minimum atomic E-state index is -0.515. The summed E-state index contributed by atoms with van der Waals surface area (Å²) in [5.74, 6) is 0.715. The second-order valence-corrected chi connectivity index (χ2v) is 7.41.